The molecule has 0 saturated heterocycles. The maximum Gasteiger partial charge on any atom is 0.271 e. The van der Waals surface area contributed by atoms with Crippen LogP contribution in [0.25, 0.3) is 0 Å². The highest BCUT2D eigenvalue weighted by molar-refractivity contribution is 5.91. The van der Waals surface area contributed by atoms with Gasteiger partial charge >= 0.3 is 0 Å². The number of aromatic nitrogens is 1. The van der Waals surface area contributed by atoms with Crippen molar-refractivity contribution in [1.29, 1.82) is 0 Å². The van der Waals surface area contributed by atoms with Crippen LogP contribution in [0.5, 0.6) is 0 Å². The maximum atomic E-state index is 11.3. The number of nitrogens with one attached hydrogen (secondary N) is 2. The van der Waals surface area contributed by atoms with Crippen LogP contribution in [0.4, 0.5) is 5.69 Å². The molecule has 1 heterocycles. The van der Waals surface area contributed by atoms with Crippen LogP contribution in [0.2, 0.25) is 0 Å². The van der Waals surface area contributed by atoms with Gasteiger partial charge in [-0.2, -0.15) is 0 Å². The van der Waals surface area contributed by atoms with E-state index in [4.69, 9.17) is 9.47 Å². The summed E-state index contributed by atoms with van der Waals surface area (Å²) in [5.41, 5.74) is -0.129. The summed E-state index contributed by atoms with van der Waals surface area (Å²) >= 11 is 0. The van der Waals surface area contributed by atoms with Gasteiger partial charge in [-0.3, -0.25) is 9.59 Å². The zero-order valence-corrected chi connectivity index (χ0v) is 8.99. The van der Waals surface area contributed by atoms with Crippen molar-refractivity contribution in [1.82, 2.24) is 4.98 Å². The molecule has 1 amide bonds. The normalized spacial score (nSPS) is 10.1. The fraction of sp³-hybridized carbons (Fsp3) is 0.400. The second-order valence-corrected chi connectivity index (χ2v) is 3.01. The summed E-state index contributed by atoms with van der Waals surface area (Å²) in [5, 5.41) is 2.44. The Labute approximate surface area is 92.6 Å². The molecular formula is C10H14N2O4. The van der Waals surface area contributed by atoms with Gasteiger partial charge in [-0.1, -0.05) is 0 Å². The number of pyridine rings is 1. The molecule has 0 aromatic carbocycles. The zero-order valence-electron chi connectivity index (χ0n) is 8.99. The van der Waals surface area contributed by atoms with Gasteiger partial charge < -0.3 is 19.8 Å². The number of anilines is 1. The van der Waals surface area contributed by atoms with Crippen LogP contribution in [0.15, 0.2) is 23.1 Å². The molecule has 6 nitrogen and oxygen atoms in total. The lowest BCUT2D eigenvalue weighted by atomic mass is 10.4. The molecule has 0 fully saturated rings. The summed E-state index contributed by atoms with van der Waals surface area (Å²) in [6.07, 6.45) is 1.49. The molecule has 0 unspecified atom stereocenters. The number of hydrogen-bond donors (Lipinski definition) is 2. The number of ether oxygens (including phenoxy) is 2. The molecule has 0 aliphatic heterocycles. The predicted octanol–water partition coefficient (Wildman–Crippen LogP) is -0.0236. The molecule has 16 heavy (non-hydrogen) atoms. The third-order valence-electron chi connectivity index (χ3n) is 1.76. The summed E-state index contributed by atoms with van der Waals surface area (Å²) in [6.45, 7) is 0.673. The largest absolute Gasteiger partial charge is 0.382 e. The van der Waals surface area contributed by atoms with Crippen LogP contribution in [-0.4, -0.2) is 37.8 Å². The lowest BCUT2D eigenvalue weighted by molar-refractivity contribution is -0.121. The molecule has 0 spiro atoms. The third kappa shape index (κ3) is 4.24. The second-order valence-electron chi connectivity index (χ2n) is 3.01. The fourth-order valence-corrected chi connectivity index (χ4v) is 1.01. The number of rotatable bonds is 6. The molecule has 1 rings (SSSR count). The number of hydrogen-bond acceptors (Lipinski definition) is 4. The highest BCUT2D eigenvalue weighted by atomic mass is 16.5. The summed E-state index contributed by atoms with van der Waals surface area (Å²) < 4.78 is 9.75. The molecule has 0 aliphatic rings. The Balaban J connectivity index is 2.35. The topological polar surface area (TPSA) is 80.4 Å². The average Bonchev–Trinajstić information content (AvgIpc) is 2.28. The van der Waals surface area contributed by atoms with E-state index in [1.54, 1.807) is 13.2 Å². The maximum absolute atomic E-state index is 11.3. The fourth-order valence-electron chi connectivity index (χ4n) is 1.01. The molecule has 0 bridgehead atoms. The Morgan fingerprint density at radius 2 is 2.31 bits per heavy atom. The van der Waals surface area contributed by atoms with Gasteiger partial charge in [0, 0.05) is 13.3 Å². The molecule has 0 saturated carbocycles. The number of methoxy groups -OCH3 is 1. The first kappa shape index (κ1) is 12.4. The van der Waals surface area contributed by atoms with Crippen molar-refractivity contribution in [3.63, 3.8) is 0 Å². The molecule has 88 valence electrons. The first-order valence-corrected chi connectivity index (χ1v) is 4.78. The van der Waals surface area contributed by atoms with Crippen molar-refractivity contribution < 1.29 is 14.3 Å². The quantitative estimate of drug-likeness (QED) is 0.668. The van der Waals surface area contributed by atoms with E-state index in [1.165, 1.54) is 12.3 Å². The van der Waals surface area contributed by atoms with E-state index in [1.807, 2.05) is 0 Å². The van der Waals surface area contributed by atoms with E-state index < -0.39 is 0 Å². The number of carbonyl (C=O) groups is 1. The summed E-state index contributed by atoms with van der Waals surface area (Å²) in [5.74, 6) is -0.368. The average molecular weight is 226 g/mol. The van der Waals surface area contributed by atoms with Crippen LogP contribution < -0.4 is 10.9 Å². The van der Waals surface area contributed by atoms with Gasteiger partial charge in [0.1, 0.15) is 12.3 Å². The predicted molar refractivity (Wildman–Crippen MR) is 58.4 cm³/mol. The van der Waals surface area contributed by atoms with Crippen molar-refractivity contribution in [2.75, 3.05) is 32.2 Å². The van der Waals surface area contributed by atoms with Crippen molar-refractivity contribution >= 4 is 11.6 Å². The van der Waals surface area contributed by atoms with Crippen molar-refractivity contribution in [3.05, 3.63) is 28.7 Å². The van der Waals surface area contributed by atoms with E-state index in [-0.39, 0.29) is 23.8 Å². The lowest BCUT2D eigenvalue weighted by Gasteiger charge is -2.04. The summed E-state index contributed by atoms with van der Waals surface area (Å²) in [7, 11) is 1.55. The van der Waals surface area contributed by atoms with Gasteiger partial charge in [0.2, 0.25) is 0 Å². The van der Waals surface area contributed by atoms with Crippen LogP contribution >= 0.6 is 0 Å². The van der Waals surface area contributed by atoms with Gasteiger partial charge in [-0.15, -0.1) is 0 Å². The molecule has 0 atom stereocenters. The number of aromatic amines is 1. The van der Waals surface area contributed by atoms with Crippen LogP contribution in [0.3, 0.4) is 0 Å². The number of amides is 1. The highest BCUT2D eigenvalue weighted by Crippen LogP contribution is 1.95. The Kier molecular flexibility index (Phi) is 5.24. The third-order valence-corrected chi connectivity index (χ3v) is 1.76. The lowest BCUT2D eigenvalue weighted by Crippen LogP contribution is -2.23. The van der Waals surface area contributed by atoms with Crippen molar-refractivity contribution in [2.45, 2.75) is 0 Å². The van der Waals surface area contributed by atoms with Crippen LogP contribution in [0.1, 0.15) is 0 Å². The first-order valence-electron chi connectivity index (χ1n) is 4.78. The second kappa shape index (κ2) is 6.76. The van der Waals surface area contributed by atoms with Crippen molar-refractivity contribution in [3.8, 4) is 0 Å². The Hall–Kier alpha value is -1.66. The highest BCUT2D eigenvalue weighted by Gasteiger charge is 2.04. The van der Waals surface area contributed by atoms with E-state index in [2.05, 4.69) is 10.3 Å². The molecular weight excluding hydrogens is 212 g/mol. The zero-order chi connectivity index (χ0) is 11.8. The molecule has 0 aliphatic carbocycles. The van der Waals surface area contributed by atoms with Gasteiger partial charge in [0.25, 0.3) is 11.5 Å². The number of carbonyl (C=O) groups excluding carboxylic acids is 1. The van der Waals surface area contributed by atoms with Gasteiger partial charge in [0.05, 0.1) is 13.2 Å². The molecule has 2 N–H and O–H groups in total. The van der Waals surface area contributed by atoms with E-state index in [0.717, 1.165) is 0 Å². The Morgan fingerprint density at radius 1 is 1.50 bits per heavy atom. The Morgan fingerprint density at radius 3 is 3.00 bits per heavy atom. The van der Waals surface area contributed by atoms with E-state index in [9.17, 15) is 9.59 Å². The SMILES string of the molecule is COCCOCC(=O)Nc1ccc[nH]c1=O. The van der Waals surface area contributed by atoms with E-state index in [0.29, 0.717) is 13.2 Å². The van der Waals surface area contributed by atoms with Gasteiger partial charge in [-0.25, -0.2) is 0 Å². The minimum atomic E-state index is -0.368. The monoisotopic (exact) mass is 226 g/mol. The smallest absolute Gasteiger partial charge is 0.271 e. The van der Waals surface area contributed by atoms with E-state index >= 15 is 0 Å². The van der Waals surface area contributed by atoms with Gasteiger partial charge in [0.15, 0.2) is 0 Å². The molecule has 0 radical (unpaired) electrons. The summed E-state index contributed by atoms with van der Waals surface area (Å²) in [6, 6.07) is 3.15. The van der Waals surface area contributed by atoms with Crippen LogP contribution in [0, 0.1) is 0 Å². The minimum Gasteiger partial charge on any atom is -0.382 e. The Bertz CT molecular complexity index is 388. The molecule has 1 aromatic heterocycles. The van der Waals surface area contributed by atoms with Crippen LogP contribution in [-0.2, 0) is 14.3 Å². The van der Waals surface area contributed by atoms with Gasteiger partial charge in [-0.05, 0) is 12.1 Å². The minimum absolute atomic E-state index is 0.0995. The first-order chi connectivity index (χ1) is 7.74. The summed E-state index contributed by atoms with van der Waals surface area (Å²) in [4.78, 5) is 24.9. The molecule has 6 heteroatoms. The standard InChI is InChI=1S/C10H14N2O4/c1-15-5-6-16-7-9(13)12-8-3-2-4-11-10(8)14/h2-4H,5-7H2,1H3,(H,11,14)(H,12,13). The van der Waals surface area contributed by atoms with Crippen molar-refractivity contribution in [2.24, 2.45) is 0 Å². The molecule has 1 aromatic rings. The number of H-pyrrole nitrogens is 1.